The molecule has 1 fully saturated rings. The molecule has 4 aromatic rings. The molecule has 3 aromatic heterocycles. The molecule has 1 N–H and O–H groups in total. The van der Waals surface area contributed by atoms with Crippen molar-refractivity contribution in [1.29, 1.82) is 0 Å². The molecule has 11 nitrogen and oxygen atoms in total. The van der Waals surface area contributed by atoms with Gasteiger partial charge in [0.25, 0.3) is 5.91 Å². The van der Waals surface area contributed by atoms with E-state index in [0.29, 0.717) is 29.3 Å². The molecule has 0 radical (unpaired) electrons. The number of nitrogens with zero attached hydrogens (tertiary/aromatic N) is 5. The fourth-order valence-corrected chi connectivity index (χ4v) is 4.98. The number of rotatable bonds is 7. The minimum Gasteiger partial charge on any atom is -0.444 e. The second kappa shape index (κ2) is 11.7. The standard InChI is InChI=1S/C32H40N6O5/c1-31(2,3)42-29(40)36(19-21-9-7-10-21)20-24-16-23-12-11-22(15-26(23)38(24)30(41)43-32(4,5)6)18-34-28(39)25-17-27-33-13-8-14-37(27)35-25/h8,11-17,21H,7,9-10,18-20H2,1-6H3,(H,34,39). The van der Waals surface area contributed by atoms with Gasteiger partial charge in [-0.3, -0.25) is 4.79 Å². The Labute approximate surface area is 251 Å². The fraction of sp³-hybridized carbons (Fsp3) is 0.469. The number of aromatic nitrogens is 4. The zero-order chi connectivity index (χ0) is 30.9. The van der Waals surface area contributed by atoms with Crippen molar-refractivity contribution in [2.45, 2.75) is 85.1 Å². The van der Waals surface area contributed by atoms with Gasteiger partial charge in [-0.2, -0.15) is 5.10 Å². The van der Waals surface area contributed by atoms with Crippen molar-refractivity contribution < 1.29 is 23.9 Å². The number of hydrogen-bond donors (Lipinski definition) is 1. The SMILES string of the molecule is CC(C)(C)OC(=O)N(Cc1cc2ccc(CNC(=O)c3cc4ncccn4n3)cc2n1C(=O)OC(C)(C)C)CC1CCC1. The van der Waals surface area contributed by atoms with Crippen LogP contribution in [0.5, 0.6) is 0 Å². The van der Waals surface area contributed by atoms with Gasteiger partial charge in [0.1, 0.15) is 11.2 Å². The van der Waals surface area contributed by atoms with Crippen molar-refractivity contribution in [3.63, 3.8) is 0 Å². The monoisotopic (exact) mass is 588 g/mol. The van der Waals surface area contributed by atoms with Crippen LogP contribution in [-0.4, -0.2) is 59.9 Å². The number of amides is 2. The number of fused-ring (bicyclic) bond motifs is 2. The predicted molar refractivity (Wildman–Crippen MR) is 162 cm³/mol. The normalized spacial score (nSPS) is 14.0. The summed E-state index contributed by atoms with van der Waals surface area (Å²) in [6, 6.07) is 10.9. The molecule has 43 heavy (non-hydrogen) atoms. The van der Waals surface area contributed by atoms with Gasteiger partial charge in [0.05, 0.1) is 12.1 Å². The summed E-state index contributed by atoms with van der Waals surface area (Å²) < 4.78 is 14.6. The minimum absolute atomic E-state index is 0.188. The summed E-state index contributed by atoms with van der Waals surface area (Å²) in [5.41, 5.74) is 1.49. The van der Waals surface area contributed by atoms with Gasteiger partial charge in [-0.1, -0.05) is 18.6 Å². The van der Waals surface area contributed by atoms with Crippen LogP contribution in [0, 0.1) is 5.92 Å². The lowest BCUT2D eigenvalue weighted by Crippen LogP contribution is -2.41. The van der Waals surface area contributed by atoms with E-state index in [1.807, 2.05) is 65.8 Å². The summed E-state index contributed by atoms with van der Waals surface area (Å²) in [6.45, 7) is 11.9. The van der Waals surface area contributed by atoms with Crippen molar-refractivity contribution in [3.05, 3.63) is 65.7 Å². The van der Waals surface area contributed by atoms with Gasteiger partial charge in [0.15, 0.2) is 11.3 Å². The number of carbonyl (C=O) groups is 3. The summed E-state index contributed by atoms with van der Waals surface area (Å²) in [4.78, 5) is 45.6. The Morgan fingerprint density at radius 3 is 2.42 bits per heavy atom. The highest BCUT2D eigenvalue weighted by molar-refractivity contribution is 5.94. The second-order valence-electron chi connectivity index (χ2n) is 13.1. The molecule has 5 rings (SSSR count). The van der Waals surface area contributed by atoms with Crippen LogP contribution >= 0.6 is 0 Å². The molecule has 1 aliphatic rings. The molecule has 228 valence electrons. The fourth-order valence-electron chi connectivity index (χ4n) is 4.98. The molecular formula is C32H40N6O5. The van der Waals surface area contributed by atoms with Crippen LogP contribution in [0.1, 0.15) is 82.6 Å². The number of hydrogen-bond acceptors (Lipinski definition) is 7. The van der Waals surface area contributed by atoms with Crippen molar-refractivity contribution in [3.8, 4) is 0 Å². The summed E-state index contributed by atoms with van der Waals surface area (Å²) in [7, 11) is 0. The van der Waals surface area contributed by atoms with E-state index in [4.69, 9.17) is 9.47 Å². The number of ether oxygens (including phenoxy) is 2. The van der Waals surface area contributed by atoms with Crippen LogP contribution in [0.3, 0.4) is 0 Å². The zero-order valence-corrected chi connectivity index (χ0v) is 25.7. The Bertz CT molecular complexity index is 1620. The lowest BCUT2D eigenvalue weighted by atomic mass is 9.85. The summed E-state index contributed by atoms with van der Waals surface area (Å²) in [5, 5.41) is 7.99. The molecule has 0 spiro atoms. The first-order valence-electron chi connectivity index (χ1n) is 14.7. The predicted octanol–water partition coefficient (Wildman–Crippen LogP) is 5.93. The van der Waals surface area contributed by atoms with E-state index < -0.39 is 23.4 Å². The van der Waals surface area contributed by atoms with Gasteiger partial charge < -0.3 is 19.7 Å². The maximum Gasteiger partial charge on any atom is 0.419 e. The summed E-state index contributed by atoms with van der Waals surface area (Å²) in [6.07, 6.45) is 5.70. The Kier molecular flexibility index (Phi) is 8.18. The average molecular weight is 589 g/mol. The average Bonchev–Trinajstić information content (AvgIpc) is 3.47. The van der Waals surface area contributed by atoms with Gasteiger partial charge >= 0.3 is 12.2 Å². The first-order chi connectivity index (χ1) is 20.3. The van der Waals surface area contributed by atoms with Gasteiger partial charge in [-0.05, 0) is 84.1 Å². The zero-order valence-electron chi connectivity index (χ0n) is 25.7. The molecular weight excluding hydrogens is 548 g/mol. The van der Waals surface area contributed by atoms with Crippen LogP contribution < -0.4 is 5.32 Å². The molecule has 0 atom stereocenters. The van der Waals surface area contributed by atoms with Crippen LogP contribution in [0.25, 0.3) is 16.6 Å². The lowest BCUT2D eigenvalue weighted by Gasteiger charge is -2.33. The van der Waals surface area contributed by atoms with Gasteiger partial charge in [-0.25, -0.2) is 23.7 Å². The Morgan fingerprint density at radius 1 is 1.02 bits per heavy atom. The van der Waals surface area contributed by atoms with Gasteiger partial charge in [0, 0.05) is 42.6 Å². The second-order valence-corrected chi connectivity index (χ2v) is 13.1. The maximum absolute atomic E-state index is 13.6. The van der Waals surface area contributed by atoms with Crippen LogP contribution in [0.4, 0.5) is 9.59 Å². The first-order valence-corrected chi connectivity index (χ1v) is 14.7. The molecule has 0 aliphatic heterocycles. The highest BCUT2D eigenvalue weighted by Crippen LogP contribution is 2.30. The molecule has 1 aliphatic carbocycles. The van der Waals surface area contributed by atoms with Crippen molar-refractivity contribution in [1.82, 2.24) is 29.4 Å². The number of benzene rings is 1. The van der Waals surface area contributed by atoms with Crippen LogP contribution in [0.15, 0.2) is 48.8 Å². The van der Waals surface area contributed by atoms with Crippen molar-refractivity contribution in [2.24, 2.45) is 5.92 Å². The van der Waals surface area contributed by atoms with Crippen LogP contribution in [-0.2, 0) is 22.6 Å². The third-order valence-corrected chi connectivity index (χ3v) is 7.15. The third-order valence-electron chi connectivity index (χ3n) is 7.15. The Balaban J connectivity index is 1.43. The van der Waals surface area contributed by atoms with Gasteiger partial charge in [0.2, 0.25) is 0 Å². The van der Waals surface area contributed by atoms with Gasteiger partial charge in [-0.15, -0.1) is 0 Å². The first kappa shape index (κ1) is 30.1. The number of nitrogens with one attached hydrogen (secondary N) is 1. The summed E-state index contributed by atoms with van der Waals surface area (Å²) >= 11 is 0. The molecule has 1 saturated carbocycles. The largest absolute Gasteiger partial charge is 0.444 e. The molecule has 0 bridgehead atoms. The highest BCUT2D eigenvalue weighted by atomic mass is 16.6. The quantitative estimate of drug-likeness (QED) is 0.284. The van der Waals surface area contributed by atoms with Crippen molar-refractivity contribution >= 4 is 34.6 Å². The molecule has 1 aromatic carbocycles. The lowest BCUT2D eigenvalue weighted by molar-refractivity contribution is 0.0163. The van der Waals surface area contributed by atoms with E-state index in [0.717, 1.165) is 30.2 Å². The van der Waals surface area contributed by atoms with Crippen LogP contribution in [0.2, 0.25) is 0 Å². The minimum atomic E-state index is -0.726. The smallest absolute Gasteiger partial charge is 0.419 e. The van der Waals surface area contributed by atoms with Crippen molar-refractivity contribution in [2.75, 3.05) is 6.54 Å². The Hall–Kier alpha value is -4.41. The molecule has 0 unspecified atom stereocenters. The maximum atomic E-state index is 13.6. The van der Waals surface area contributed by atoms with E-state index in [2.05, 4.69) is 15.4 Å². The van der Waals surface area contributed by atoms with E-state index >= 15 is 0 Å². The summed E-state index contributed by atoms with van der Waals surface area (Å²) in [5.74, 6) is 0.0728. The third kappa shape index (κ3) is 7.33. The number of carbonyl (C=O) groups excluding carboxylic acids is 3. The molecule has 0 saturated heterocycles. The highest BCUT2D eigenvalue weighted by Gasteiger charge is 2.30. The molecule has 2 amide bonds. The molecule has 3 heterocycles. The topological polar surface area (TPSA) is 120 Å². The van der Waals surface area contributed by atoms with E-state index in [1.165, 1.54) is 4.57 Å². The van der Waals surface area contributed by atoms with E-state index in [1.54, 1.807) is 33.9 Å². The Morgan fingerprint density at radius 2 is 1.77 bits per heavy atom. The molecule has 11 heteroatoms. The van der Waals surface area contributed by atoms with E-state index in [-0.39, 0.29) is 24.7 Å². The van der Waals surface area contributed by atoms with E-state index in [9.17, 15) is 14.4 Å².